The summed E-state index contributed by atoms with van der Waals surface area (Å²) >= 11 is 0. The van der Waals surface area contributed by atoms with Gasteiger partial charge in [-0.3, -0.25) is 9.59 Å². The number of carbonyl (C=O) groups is 4. The summed E-state index contributed by atoms with van der Waals surface area (Å²) < 4.78 is 5.15. The van der Waals surface area contributed by atoms with Crippen LogP contribution in [0, 0.1) is 0 Å². The molecule has 57 heavy (non-hydrogen) atoms. The number of carboxylic acids is 1. The number of aliphatic carboxylic acids is 1. The molecule has 0 radical (unpaired) electrons. The molecule has 3 rings (SSSR count). The maximum Gasteiger partial charge on any atom is 0.359 e. The first-order chi connectivity index (χ1) is 27.9. The monoisotopic (exact) mass is 787 g/mol. The molecule has 7 nitrogen and oxygen atoms in total. The molecular weight excluding hydrogens is 713 g/mol. The predicted octanol–water partition coefficient (Wildman–Crippen LogP) is 14.5. The minimum atomic E-state index is -1.74. The number of ketones is 2. The van der Waals surface area contributed by atoms with E-state index in [1.807, 2.05) is 0 Å². The highest BCUT2D eigenvalue weighted by molar-refractivity contribution is 6.30. The Bertz CT molecular complexity index is 3610. The number of ether oxygens (including phenoxy) is 1. The van der Waals surface area contributed by atoms with E-state index < -0.39 is 40.6 Å². The van der Waals surface area contributed by atoms with Gasteiger partial charge >= 0.3 is 11.9 Å². The van der Waals surface area contributed by atoms with Crippen LogP contribution in [0.1, 0.15) is 77.5 Å². The van der Waals surface area contributed by atoms with Gasteiger partial charge in [-0.25, -0.2) is 9.59 Å². The van der Waals surface area contributed by atoms with Crippen molar-refractivity contribution in [2.75, 3.05) is 0 Å². The van der Waals surface area contributed by atoms with Crippen molar-refractivity contribution in [1.82, 2.24) is 0 Å². The van der Waals surface area contributed by atoms with Crippen molar-refractivity contribution in [3.8, 4) is 11.5 Å². The molecule has 7 heteroatoms. The minimum absolute atomic E-state index is 0. The second-order valence-corrected chi connectivity index (χ2v) is 9.16. The topological polar surface area (TPSA) is 118 Å². The molecule has 0 amide bonds. The first-order valence-corrected chi connectivity index (χ1v) is 15.0. The number of carbonyl (C=O) groups excluding carboxylic acids is 3. The Labute approximate surface area is 369 Å². The number of hydrogen-bond donors (Lipinski definition) is 2. The lowest BCUT2D eigenvalue weighted by Crippen LogP contribution is -2.24. The van der Waals surface area contributed by atoms with E-state index in [2.05, 4.69) is 190 Å². The Morgan fingerprint density at radius 1 is 0.491 bits per heavy atom. The number of phenolic OH excluding ortho intramolecular Hbond substituents is 1. The van der Waals surface area contributed by atoms with E-state index >= 15 is 0 Å². The van der Waals surface area contributed by atoms with E-state index in [4.69, 9.17) is 4.74 Å². The molecule has 0 fully saturated rings. The molecule has 0 unspecified atom stereocenters. The van der Waals surface area contributed by atoms with Crippen LogP contribution in [0.2, 0.25) is 0 Å². The maximum atomic E-state index is 13.1. The lowest BCUT2D eigenvalue weighted by atomic mass is 9.83. The van der Waals surface area contributed by atoms with E-state index in [1.165, 1.54) is 18.2 Å². The van der Waals surface area contributed by atoms with Gasteiger partial charge in [0.1, 0.15) is 11.5 Å². The molecule has 0 heterocycles. The van der Waals surface area contributed by atoms with Crippen LogP contribution in [0.3, 0.4) is 0 Å². The van der Waals surface area contributed by atoms with Gasteiger partial charge in [0.15, 0.2) is 17.1 Å². The normalized spacial score (nSPS) is 7.58. The van der Waals surface area contributed by atoms with Crippen LogP contribution in [-0.2, 0) is 9.59 Å². The summed E-state index contributed by atoms with van der Waals surface area (Å²) in [6.45, 7) is 3.31. The molecule has 0 saturated heterocycles. The molecule has 0 saturated carbocycles. The average molecular weight is 787 g/mol. The van der Waals surface area contributed by atoms with Crippen molar-refractivity contribution in [1.29, 1.82) is 0 Å². The summed E-state index contributed by atoms with van der Waals surface area (Å²) in [4.78, 5) is 50.5. The average Bonchev–Trinajstić information content (AvgIpc) is 3.20. The predicted molar refractivity (Wildman–Crippen MR) is 264 cm³/mol. The van der Waals surface area contributed by atoms with Crippen LogP contribution >= 0.6 is 0 Å². The number of fused-ring (bicyclic) bond motifs is 2. The lowest BCUT2D eigenvalue weighted by molar-refractivity contribution is -0.138. The van der Waals surface area contributed by atoms with E-state index in [0.717, 1.165) is 12.1 Å². The van der Waals surface area contributed by atoms with Gasteiger partial charge < -0.3 is 14.9 Å². The largest absolute Gasteiger partial charge is 0.507 e. The number of rotatable bonds is 3. The highest BCUT2D eigenvalue weighted by atomic mass is 16.5. The standard InChI is InChI=1S/C50H10O7.32H2/c1-2-3-4-5-6-7-8-9-10-11-12-13-14-15-16-17-18-19-20-21-22-23-24-25-26-27-28-29-30-31-32-37-42(49(54)55)50(56)57-44-39-38-43(51)45-46(44)48(53)41-36-34-33-35-40(41)47(45)52;;;;;;;;;;;;;;;;;;;;;;;;;;;;;;;;/h33-36,38-39,51H,1H2,(H,54,55);32*1H. The van der Waals surface area contributed by atoms with Crippen molar-refractivity contribution in [2.24, 2.45) is 0 Å². The van der Waals surface area contributed by atoms with E-state index in [0.29, 0.717) is 0 Å². The van der Waals surface area contributed by atoms with Crippen LogP contribution < -0.4 is 4.74 Å². The smallest absolute Gasteiger partial charge is 0.359 e. The number of phenols is 1. The van der Waals surface area contributed by atoms with Crippen LogP contribution in [-0.4, -0.2) is 33.7 Å². The lowest BCUT2D eigenvalue weighted by Gasteiger charge is -2.20. The highest BCUT2D eigenvalue weighted by Gasteiger charge is 2.35. The second kappa shape index (κ2) is 23.6. The molecule has 0 spiro atoms. The van der Waals surface area contributed by atoms with Crippen molar-refractivity contribution in [3.05, 3.63) is 254 Å². The SMILES string of the molecule is C=C=C=C=C=C=C=C=C=C=C=C=C=C=C=C=C=C=C=C=C=C=C=C=C=C=C=C=C=C=C=C=C=C(C(=O)O)C(=O)Oc1ccc(O)c2c1C(=O)c1ccccc1C2=O.[HH].[HH].[HH].[HH].[HH].[HH].[HH].[HH].[HH].[HH].[HH].[HH].[HH].[HH].[HH].[HH].[HH].[HH].[HH].[HH].[HH].[HH].[HH].[HH].[HH].[HH].[HH].[HH].[HH].[HH].[HH].[HH]. The Hall–Kier alpha value is -10.8. The van der Waals surface area contributed by atoms with Crippen molar-refractivity contribution in [3.63, 3.8) is 0 Å². The summed E-state index contributed by atoms with van der Waals surface area (Å²) in [7, 11) is 0. The molecule has 0 atom stereocenters. The third kappa shape index (κ3) is 13.8. The van der Waals surface area contributed by atoms with Gasteiger partial charge in [-0.2, -0.15) is 0 Å². The quantitative estimate of drug-likeness (QED) is 0.0677. The molecule has 316 valence electrons. The molecule has 0 aromatic heterocycles. The zero-order chi connectivity index (χ0) is 40.9. The first-order valence-electron chi connectivity index (χ1n) is 15.0. The van der Waals surface area contributed by atoms with E-state index in [-0.39, 0.29) is 67.9 Å². The fourth-order valence-corrected chi connectivity index (χ4v) is 3.62. The molecule has 2 aromatic rings. The first kappa shape index (κ1) is 40.6. The van der Waals surface area contributed by atoms with Gasteiger partial charge in [0.25, 0.3) is 0 Å². The number of aromatic hydroxyl groups is 1. The summed E-state index contributed by atoms with van der Waals surface area (Å²) in [5.41, 5.74) is 75.6. The third-order valence-corrected chi connectivity index (χ3v) is 5.72. The Morgan fingerprint density at radius 2 is 0.825 bits per heavy atom. The van der Waals surface area contributed by atoms with Gasteiger partial charge in [-0.15, -0.1) is 0 Å². The van der Waals surface area contributed by atoms with Crippen molar-refractivity contribution >= 4 is 23.5 Å². The number of carboxylic acid groups (broad SMARTS) is 1. The molecule has 0 aliphatic heterocycles. The Balaban J connectivity index is -0.0000000389. The highest BCUT2D eigenvalue weighted by Crippen LogP contribution is 2.38. The molecule has 2 aromatic carbocycles. The van der Waals surface area contributed by atoms with E-state index in [9.17, 15) is 29.4 Å². The molecule has 2 N–H and O–H groups in total. The van der Waals surface area contributed by atoms with Gasteiger partial charge in [0, 0.05) is 137 Å². The fourth-order valence-electron chi connectivity index (χ4n) is 3.62. The summed E-state index contributed by atoms with van der Waals surface area (Å²) in [6, 6.07) is 8.00. The Morgan fingerprint density at radius 3 is 1.18 bits per heavy atom. The van der Waals surface area contributed by atoms with Crippen LogP contribution in [0.25, 0.3) is 0 Å². The van der Waals surface area contributed by atoms with Crippen LogP contribution in [0.15, 0.2) is 232 Å². The zero-order valence-corrected chi connectivity index (χ0v) is 28.6. The zero-order valence-electron chi connectivity index (χ0n) is 28.6. The van der Waals surface area contributed by atoms with E-state index in [1.54, 1.807) is 6.07 Å². The number of esters is 1. The third-order valence-electron chi connectivity index (χ3n) is 5.72. The summed E-state index contributed by atoms with van der Waals surface area (Å²) in [5.74, 6) is -5.49. The van der Waals surface area contributed by atoms with Gasteiger partial charge in [-0.1, -0.05) is 30.0 Å². The van der Waals surface area contributed by atoms with Crippen molar-refractivity contribution in [2.45, 2.75) is 0 Å². The number of benzene rings is 2. The minimum Gasteiger partial charge on any atom is -0.507 e. The van der Waals surface area contributed by atoms with Gasteiger partial charge in [0.05, 0.1) is 11.1 Å². The van der Waals surface area contributed by atoms with Gasteiger partial charge in [0.2, 0.25) is 0 Å². The molecule has 1 aliphatic rings. The van der Waals surface area contributed by atoms with Crippen LogP contribution in [0.4, 0.5) is 0 Å². The summed E-state index contributed by atoms with van der Waals surface area (Å²) in [5, 5.41) is 19.8. The van der Waals surface area contributed by atoms with Crippen molar-refractivity contribution < 1.29 is 79.8 Å². The van der Waals surface area contributed by atoms with Gasteiger partial charge in [-0.05, 0) is 116 Å². The fraction of sp³-hybridized carbons (Fsp3) is 0. The molecule has 1 aliphatic carbocycles. The summed E-state index contributed by atoms with van der Waals surface area (Å²) in [6.07, 6.45) is 0. The molecular formula is C50H74O7. The second-order valence-electron chi connectivity index (χ2n) is 9.16. The number of hydrogen-bond acceptors (Lipinski definition) is 6. The molecule has 0 bridgehead atoms. The Kier molecular flexibility index (Phi) is 16.8. The van der Waals surface area contributed by atoms with Crippen LogP contribution in [0.5, 0.6) is 11.5 Å². The maximum absolute atomic E-state index is 13.1.